The van der Waals surface area contributed by atoms with Crippen LogP contribution in [0.4, 0.5) is 0 Å². The zero-order valence-electron chi connectivity index (χ0n) is 15.4. The number of rotatable bonds is 5. The van der Waals surface area contributed by atoms with E-state index < -0.39 is 5.97 Å². The predicted octanol–water partition coefficient (Wildman–Crippen LogP) is 4.61. The minimum absolute atomic E-state index is 0.444. The third-order valence-electron chi connectivity index (χ3n) is 4.50. The van der Waals surface area contributed by atoms with E-state index in [0.717, 1.165) is 21.9 Å². The smallest absolute Gasteiger partial charge is 0.331 e. The van der Waals surface area contributed by atoms with Crippen LogP contribution in [0.15, 0.2) is 90.6 Å². The van der Waals surface area contributed by atoms with E-state index in [1.165, 1.54) is 0 Å². The first-order chi connectivity index (χ1) is 13.7. The Kier molecular flexibility index (Phi) is 4.97. The average Bonchev–Trinajstić information content (AvgIpc) is 3.24. The molecule has 0 aliphatic rings. The van der Waals surface area contributed by atoms with Gasteiger partial charge >= 0.3 is 5.97 Å². The van der Waals surface area contributed by atoms with E-state index in [1.807, 2.05) is 66.2 Å². The first kappa shape index (κ1) is 17.7. The van der Waals surface area contributed by atoms with Gasteiger partial charge in [-0.3, -0.25) is 0 Å². The molecule has 0 saturated carbocycles. The average molecular weight is 369 g/mol. The maximum atomic E-state index is 12.4. The second kappa shape index (κ2) is 7.88. The number of carbonyl (C=O) groups excluding carboxylic acids is 1. The molecule has 0 N–H and O–H groups in total. The van der Waals surface area contributed by atoms with Crippen LogP contribution in [0, 0.1) is 6.92 Å². The standard InChI is InChI=1S/C23H19N3O2/c1-17-6-8-19(9-7-17)23(27)28-25-22(15-26-13-12-24-16-26)21-11-10-18-4-2-3-5-20(18)14-21/h2-14,16H,15H2,1H3/b25-22-. The van der Waals surface area contributed by atoms with E-state index in [0.29, 0.717) is 17.8 Å². The lowest BCUT2D eigenvalue weighted by molar-refractivity contribution is 0.0515. The van der Waals surface area contributed by atoms with Crippen LogP contribution in [-0.4, -0.2) is 21.2 Å². The van der Waals surface area contributed by atoms with Gasteiger partial charge in [0.15, 0.2) is 0 Å². The van der Waals surface area contributed by atoms with Crippen molar-refractivity contribution < 1.29 is 9.63 Å². The van der Waals surface area contributed by atoms with E-state index in [1.54, 1.807) is 24.7 Å². The van der Waals surface area contributed by atoms with Gasteiger partial charge in [-0.15, -0.1) is 0 Å². The monoisotopic (exact) mass is 369 g/mol. The molecule has 0 unspecified atom stereocenters. The fourth-order valence-electron chi connectivity index (χ4n) is 2.93. The van der Waals surface area contributed by atoms with Gasteiger partial charge in [0.2, 0.25) is 0 Å². The van der Waals surface area contributed by atoms with Crippen LogP contribution >= 0.6 is 0 Å². The molecule has 4 aromatic rings. The van der Waals surface area contributed by atoms with Crippen molar-refractivity contribution in [3.63, 3.8) is 0 Å². The molecule has 5 heteroatoms. The molecule has 0 bridgehead atoms. The summed E-state index contributed by atoms with van der Waals surface area (Å²) in [7, 11) is 0. The van der Waals surface area contributed by atoms with E-state index in [4.69, 9.17) is 4.84 Å². The van der Waals surface area contributed by atoms with Gasteiger partial charge in [0.1, 0.15) is 5.71 Å². The number of aryl methyl sites for hydroxylation is 1. The highest BCUT2D eigenvalue weighted by atomic mass is 16.7. The van der Waals surface area contributed by atoms with Crippen LogP contribution in [-0.2, 0) is 11.4 Å². The van der Waals surface area contributed by atoms with Crippen molar-refractivity contribution in [1.82, 2.24) is 9.55 Å². The van der Waals surface area contributed by atoms with Crippen LogP contribution in [0.2, 0.25) is 0 Å². The van der Waals surface area contributed by atoms with E-state index in [9.17, 15) is 4.79 Å². The molecular weight excluding hydrogens is 350 g/mol. The third-order valence-corrected chi connectivity index (χ3v) is 4.50. The zero-order valence-corrected chi connectivity index (χ0v) is 15.4. The summed E-state index contributed by atoms with van der Waals surface area (Å²) in [5.41, 5.74) is 3.08. The number of hydrogen-bond acceptors (Lipinski definition) is 4. The molecule has 3 aromatic carbocycles. The number of carbonyl (C=O) groups is 1. The Morgan fingerprint density at radius 1 is 1.00 bits per heavy atom. The van der Waals surface area contributed by atoms with Crippen LogP contribution in [0.5, 0.6) is 0 Å². The first-order valence-corrected chi connectivity index (χ1v) is 8.99. The molecule has 0 radical (unpaired) electrons. The maximum Gasteiger partial charge on any atom is 0.365 e. The minimum Gasteiger partial charge on any atom is -0.331 e. The normalized spacial score (nSPS) is 11.5. The van der Waals surface area contributed by atoms with Gasteiger partial charge in [0.05, 0.1) is 18.4 Å². The summed E-state index contributed by atoms with van der Waals surface area (Å²) < 4.78 is 1.88. The van der Waals surface area contributed by atoms with E-state index in [2.05, 4.69) is 16.2 Å². The highest BCUT2D eigenvalue weighted by molar-refractivity contribution is 6.03. The third kappa shape index (κ3) is 3.99. The van der Waals surface area contributed by atoms with Gasteiger partial charge in [-0.25, -0.2) is 9.78 Å². The molecule has 0 aliphatic heterocycles. The maximum absolute atomic E-state index is 12.4. The zero-order chi connectivity index (χ0) is 19.3. The van der Waals surface area contributed by atoms with Crippen molar-refractivity contribution in [2.45, 2.75) is 13.5 Å². The molecule has 1 heterocycles. The molecule has 0 saturated heterocycles. The topological polar surface area (TPSA) is 56.5 Å². The number of benzene rings is 3. The lowest BCUT2D eigenvalue weighted by Crippen LogP contribution is -2.13. The number of aromatic nitrogens is 2. The summed E-state index contributed by atoms with van der Waals surface area (Å²) >= 11 is 0. The Morgan fingerprint density at radius 3 is 2.50 bits per heavy atom. The Morgan fingerprint density at radius 2 is 1.75 bits per heavy atom. The van der Waals surface area contributed by atoms with Gasteiger partial charge in [0, 0.05) is 18.0 Å². The first-order valence-electron chi connectivity index (χ1n) is 8.99. The highest BCUT2D eigenvalue weighted by Gasteiger charge is 2.11. The molecule has 5 nitrogen and oxygen atoms in total. The van der Waals surface area contributed by atoms with Crippen LogP contribution in [0.3, 0.4) is 0 Å². The number of oxime groups is 1. The number of fused-ring (bicyclic) bond motifs is 1. The number of imidazole rings is 1. The summed E-state index contributed by atoms with van der Waals surface area (Å²) in [5, 5.41) is 6.44. The van der Waals surface area contributed by atoms with Gasteiger partial charge in [-0.2, -0.15) is 0 Å². The minimum atomic E-state index is -0.482. The quantitative estimate of drug-likeness (QED) is 0.293. The Labute approximate surface area is 162 Å². The highest BCUT2D eigenvalue weighted by Crippen LogP contribution is 2.17. The van der Waals surface area contributed by atoms with Crippen molar-refractivity contribution in [2.75, 3.05) is 0 Å². The predicted molar refractivity (Wildman–Crippen MR) is 109 cm³/mol. The number of hydrogen-bond donors (Lipinski definition) is 0. The Bertz CT molecular complexity index is 1130. The molecule has 0 atom stereocenters. The summed E-state index contributed by atoms with van der Waals surface area (Å²) in [6, 6.07) is 21.4. The summed E-state index contributed by atoms with van der Waals surface area (Å²) in [6.45, 7) is 2.41. The van der Waals surface area contributed by atoms with Crippen LogP contribution < -0.4 is 0 Å². The van der Waals surface area contributed by atoms with Crippen LogP contribution in [0.25, 0.3) is 10.8 Å². The molecule has 138 valence electrons. The molecule has 28 heavy (non-hydrogen) atoms. The SMILES string of the molecule is Cc1ccc(C(=O)O/N=C(/Cn2ccnc2)c2ccc3ccccc3c2)cc1. The fraction of sp³-hybridized carbons (Fsp3) is 0.0870. The van der Waals surface area contributed by atoms with Crippen molar-refractivity contribution in [1.29, 1.82) is 0 Å². The van der Waals surface area contributed by atoms with Crippen LogP contribution in [0.1, 0.15) is 21.5 Å². The van der Waals surface area contributed by atoms with Gasteiger partial charge < -0.3 is 9.40 Å². The second-order valence-corrected chi connectivity index (χ2v) is 6.58. The second-order valence-electron chi connectivity index (χ2n) is 6.58. The lowest BCUT2D eigenvalue weighted by Gasteiger charge is -2.09. The largest absolute Gasteiger partial charge is 0.365 e. The Hall–Kier alpha value is -3.73. The van der Waals surface area contributed by atoms with Gasteiger partial charge in [-0.05, 0) is 35.9 Å². The molecule has 1 aromatic heterocycles. The molecule has 4 rings (SSSR count). The molecule has 0 amide bonds. The van der Waals surface area contributed by atoms with Gasteiger partial charge in [-0.1, -0.05) is 59.3 Å². The molecular formula is C23H19N3O2. The van der Waals surface area contributed by atoms with E-state index in [-0.39, 0.29) is 0 Å². The summed E-state index contributed by atoms with van der Waals surface area (Å²) in [4.78, 5) is 21.7. The van der Waals surface area contributed by atoms with Crippen molar-refractivity contribution in [3.8, 4) is 0 Å². The van der Waals surface area contributed by atoms with Crippen molar-refractivity contribution in [3.05, 3.63) is 102 Å². The van der Waals surface area contributed by atoms with Crippen molar-refractivity contribution in [2.24, 2.45) is 5.16 Å². The summed E-state index contributed by atoms with van der Waals surface area (Å²) in [5.74, 6) is -0.482. The molecule has 0 fully saturated rings. The van der Waals surface area contributed by atoms with Crippen molar-refractivity contribution >= 4 is 22.5 Å². The molecule has 0 aliphatic carbocycles. The van der Waals surface area contributed by atoms with E-state index >= 15 is 0 Å². The summed E-state index contributed by atoms with van der Waals surface area (Å²) in [6.07, 6.45) is 5.26. The fourth-order valence-corrected chi connectivity index (χ4v) is 2.93. The number of nitrogens with zero attached hydrogens (tertiary/aromatic N) is 3. The lowest BCUT2D eigenvalue weighted by atomic mass is 10.0. The van der Waals surface area contributed by atoms with Gasteiger partial charge in [0.25, 0.3) is 0 Å². The molecule has 0 spiro atoms. The Balaban J connectivity index is 1.64.